The summed E-state index contributed by atoms with van der Waals surface area (Å²) in [5.74, 6) is -0.387. The van der Waals surface area contributed by atoms with Crippen LogP contribution in [0.25, 0.3) is 19.5 Å². The highest BCUT2D eigenvalue weighted by Crippen LogP contribution is 2.32. The van der Waals surface area contributed by atoms with E-state index in [9.17, 15) is 9.59 Å². The molecule has 0 fully saturated rings. The van der Waals surface area contributed by atoms with Crippen molar-refractivity contribution < 1.29 is 9.53 Å². The fourth-order valence-electron chi connectivity index (χ4n) is 1.92. The second-order valence-corrected chi connectivity index (χ2v) is 6.90. The van der Waals surface area contributed by atoms with Crippen molar-refractivity contribution in [1.29, 1.82) is 0 Å². The summed E-state index contributed by atoms with van der Waals surface area (Å²) in [5.41, 5.74) is -0.0944. The van der Waals surface area contributed by atoms with Crippen LogP contribution < -0.4 is 5.43 Å². The van der Waals surface area contributed by atoms with Crippen LogP contribution in [0, 0.1) is 0 Å². The maximum Gasteiger partial charge on any atom is 0.348 e. The summed E-state index contributed by atoms with van der Waals surface area (Å²) in [6, 6.07) is 6.85. The van der Waals surface area contributed by atoms with E-state index in [1.807, 2.05) is 6.07 Å². The molecule has 0 aliphatic rings. The van der Waals surface area contributed by atoms with E-state index in [0.29, 0.717) is 27.3 Å². The van der Waals surface area contributed by atoms with E-state index in [4.69, 9.17) is 16.3 Å². The number of esters is 1. The van der Waals surface area contributed by atoms with Gasteiger partial charge in [0.05, 0.1) is 16.0 Å². The van der Waals surface area contributed by atoms with Crippen molar-refractivity contribution in [3.8, 4) is 0 Å². The average molecular weight is 325 g/mol. The van der Waals surface area contributed by atoms with Gasteiger partial charge in [-0.1, -0.05) is 11.6 Å². The lowest BCUT2D eigenvalue weighted by atomic mass is 10.2. The summed E-state index contributed by atoms with van der Waals surface area (Å²) < 4.78 is 6.66. The molecule has 0 amide bonds. The molecule has 3 nitrogen and oxygen atoms in total. The average Bonchev–Trinajstić information content (AvgIpc) is 2.84. The van der Waals surface area contributed by atoms with Gasteiger partial charge in [0.2, 0.25) is 0 Å². The first-order valence-corrected chi connectivity index (χ1v) is 7.94. The topological polar surface area (TPSA) is 43.4 Å². The third-order valence-corrected chi connectivity index (χ3v) is 5.43. The van der Waals surface area contributed by atoms with Gasteiger partial charge < -0.3 is 4.74 Å². The Labute approximate surface area is 127 Å². The number of ether oxygens (including phenoxy) is 1. The molecule has 0 N–H and O–H groups in total. The molecule has 6 heteroatoms. The minimum Gasteiger partial charge on any atom is -0.462 e. The third kappa shape index (κ3) is 2.22. The zero-order valence-corrected chi connectivity index (χ0v) is 12.8. The van der Waals surface area contributed by atoms with E-state index >= 15 is 0 Å². The van der Waals surface area contributed by atoms with Gasteiger partial charge in [-0.15, -0.1) is 22.7 Å². The molecular formula is C14H9ClO3S2. The van der Waals surface area contributed by atoms with Gasteiger partial charge in [-0.05, 0) is 31.2 Å². The molecule has 0 radical (unpaired) electrons. The Hall–Kier alpha value is -1.43. The molecule has 0 aliphatic carbocycles. The molecule has 0 aliphatic heterocycles. The minimum absolute atomic E-state index is 0.0944. The summed E-state index contributed by atoms with van der Waals surface area (Å²) in [7, 11) is 0. The molecule has 3 rings (SSSR count). The molecule has 0 atom stereocenters. The maximum absolute atomic E-state index is 12.4. The van der Waals surface area contributed by atoms with Crippen molar-refractivity contribution in [1.82, 2.24) is 0 Å². The molecule has 102 valence electrons. The Kier molecular flexibility index (Phi) is 3.50. The van der Waals surface area contributed by atoms with E-state index in [-0.39, 0.29) is 11.4 Å². The standard InChI is InChI=1S/C14H9ClO3S2/c1-2-18-13(17)11-6-9-12(16)8-5-7(15)3-4-10(8)19-14(9)20-11/h3-6H,2H2,1H3. The van der Waals surface area contributed by atoms with Crippen molar-refractivity contribution in [3.63, 3.8) is 0 Å². The van der Waals surface area contributed by atoms with Crippen LogP contribution in [0.15, 0.2) is 29.1 Å². The first-order chi connectivity index (χ1) is 9.60. The predicted molar refractivity (Wildman–Crippen MR) is 84.4 cm³/mol. The quantitative estimate of drug-likeness (QED) is 0.660. The number of thiophene rings is 1. The normalized spacial score (nSPS) is 11.1. The van der Waals surface area contributed by atoms with Crippen molar-refractivity contribution in [2.75, 3.05) is 6.61 Å². The number of carbonyl (C=O) groups excluding carboxylic acids is 1. The minimum atomic E-state index is -0.387. The molecular weight excluding hydrogens is 316 g/mol. The number of halogens is 1. The van der Waals surface area contributed by atoms with Crippen LogP contribution in [-0.4, -0.2) is 12.6 Å². The first-order valence-electron chi connectivity index (χ1n) is 5.93. The zero-order valence-electron chi connectivity index (χ0n) is 10.4. The zero-order chi connectivity index (χ0) is 14.3. The molecule has 3 aromatic rings. The van der Waals surface area contributed by atoms with Gasteiger partial charge in [0.1, 0.15) is 4.88 Å². The number of hydrogen-bond donors (Lipinski definition) is 0. The first kappa shape index (κ1) is 13.5. The Bertz CT molecular complexity index is 879. The van der Waals surface area contributed by atoms with Gasteiger partial charge in [0.15, 0.2) is 5.43 Å². The van der Waals surface area contributed by atoms with E-state index in [1.165, 1.54) is 22.7 Å². The molecule has 0 saturated carbocycles. The van der Waals surface area contributed by atoms with Crippen LogP contribution in [0.3, 0.4) is 0 Å². The van der Waals surface area contributed by atoms with Gasteiger partial charge in [0, 0.05) is 15.1 Å². The van der Waals surface area contributed by atoms with Crippen molar-refractivity contribution in [3.05, 3.63) is 44.4 Å². The lowest BCUT2D eigenvalue weighted by Gasteiger charge is -1.97. The van der Waals surface area contributed by atoms with E-state index in [2.05, 4.69) is 0 Å². The van der Waals surface area contributed by atoms with Gasteiger partial charge in [-0.25, -0.2) is 4.79 Å². The van der Waals surface area contributed by atoms with Gasteiger partial charge >= 0.3 is 5.97 Å². The smallest absolute Gasteiger partial charge is 0.348 e. The number of benzene rings is 1. The second kappa shape index (κ2) is 5.16. The van der Waals surface area contributed by atoms with E-state index in [1.54, 1.807) is 25.1 Å². The lowest BCUT2D eigenvalue weighted by molar-refractivity contribution is 0.0532. The van der Waals surface area contributed by atoms with Gasteiger partial charge in [0.25, 0.3) is 0 Å². The van der Waals surface area contributed by atoms with Crippen LogP contribution >= 0.6 is 34.3 Å². The fourth-order valence-corrected chi connectivity index (χ4v) is 4.44. The molecule has 0 saturated heterocycles. The monoisotopic (exact) mass is 324 g/mol. The lowest BCUT2D eigenvalue weighted by Crippen LogP contribution is -2.02. The molecule has 1 aromatic carbocycles. The third-order valence-electron chi connectivity index (χ3n) is 2.81. The summed E-state index contributed by atoms with van der Waals surface area (Å²) in [6.45, 7) is 2.07. The number of carbonyl (C=O) groups is 1. The predicted octanol–water partition coefficient (Wildman–Crippen LogP) is 4.31. The van der Waals surface area contributed by atoms with E-state index in [0.717, 1.165) is 8.71 Å². The number of rotatable bonds is 2. The largest absolute Gasteiger partial charge is 0.462 e. The Morgan fingerprint density at radius 3 is 2.80 bits per heavy atom. The molecule has 0 unspecified atom stereocenters. The van der Waals surface area contributed by atoms with Crippen LogP contribution in [0.2, 0.25) is 5.02 Å². The molecule has 0 spiro atoms. The van der Waals surface area contributed by atoms with Crippen LogP contribution in [0.5, 0.6) is 0 Å². The second-order valence-electron chi connectivity index (χ2n) is 4.10. The van der Waals surface area contributed by atoms with Gasteiger partial charge in [-0.2, -0.15) is 0 Å². The highest BCUT2D eigenvalue weighted by atomic mass is 35.5. The van der Waals surface area contributed by atoms with E-state index < -0.39 is 0 Å². The fraction of sp³-hybridized carbons (Fsp3) is 0.143. The summed E-state index contributed by atoms with van der Waals surface area (Å²) in [5, 5.41) is 1.67. The Morgan fingerprint density at radius 1 is 1.25 bits per heavy atom. The van der Waals surface area contributed by atoms with Crippen molar-refractivity contribution in [2.24, 2.45) is 0 Å². The van der Waals surface area contributed by atoms with Crippen LogP contribution in [0.4, 0.5) is 0 Å². The summed E-state index contributed by atoms with van der Waals surface area (Å²) in [6.07, 6.45) is 0. The molecule has 0 bridgehead atoms. The van der Waals surface area contributed by atoms with Crippen molar-refractivity contribution >= 4 is 59.7 Å². The number of fused-ring (bicyclic) bond motifs is 2. The van der Waals surface area contributed by atoms with Gasteiger partial charge in [-0.3, -0.25) is 4.79 Å². The Morgan fingerprint density at radius 2 is 2.05 bits per heavy atom. The van der Waals surface area contributed by atoms with Crippen LogP contribution in [0.1, 0.15) is 16.6 Å². The molecule has 2 aromatic heterocycles. The van der Waals surface area contributed by atoms with Crippen LogP contribution in [-0.2, 0) is 4.74 Å². The highest BCUT2D eigenvalue weighted by molar-refractivity contribution is 7.41. The highest BCUT2D eigenvalue weighted by Gasteiger charge is 2.15. The SMILES string of the molecule is CCOC(=O)c1cc2c(=O)c3cc(Cl)ccc3sc2s1. The maximum atomic E-state index is 12.4. The summed E-state index contributed by atoms with van der Waals surface area (Å²) in [4.78, 5) is 24.6. The summed E-state index contributed by atoms with van der Waals surface area (Å²) >= 11 is 8.71. The molecule has 20 heavy (non-hydrogen) atoms. The Balaban J connectivity index is 2.29. The molecule has 2 heterocycles. The van der Waals surface area contributed by atoms with Crippen molar-refractivity contribution in [2.45, 2.75) is 6.92 Å². The number of hydrogen-bond acceptors (Lipinski definition) is 5.